The summed E-state index contributed by atoms with van der Waals surface area (Å²) in [4.78, 5) is 10.9. The summed E-state index contributed by atoms with van der Waals surface area (Å²) < 4.78 is 2.37. The van der Waals surface area contributed by atoms with Crippen LogP contribution < -0.4 is 0 Å². The van der Waals surface area contributed by atoms with E-state index in [1.807, 2.05) is 0 Å². The van der Waals surface area contributed by atoms with Crippen molar-refractivity contribution in [3.63, 3.8) is 0 Å². The molecule has 1 spiro atoms. The molecule has 3 heteroatoms. The Bertz CT molecular complexity index is 3110. The number of benzene rings is 8. The SMILES string of the molecule is c1ccc(-c2cc(-c3cccc(-n4c5ccccc5c5ccccc54)c3)nc(-c3cccc4c3-c3ccccc3C43c4ccccc4-c4ccccc43)n2)cc1. The van der Waals surface area contributed by atoms with Crippen LogP contribution in [-0.2, 0) is 5.41 Å². The molecule has 0 atom stereocenters. The lowest BCUT2D eigenvalue weighted by Gasteiger charge is -2.30. The van der Waals surface area contributed by atoms with Crippen molar-refractivity contribution in [1.29, 1.82) is 0 Å². The second kappa shape index (κ2) is 11.8. The van der Waals surface area contributed by atoms with E-state index < -0.39 is 5.41 Å². The maximum atomic E-state index is 5.48. The molecule has 260 valence electrons. The van der Waals surface area contributed by atoms with Crippen molar-refractivity contribution in [2.45, 2.75) is 5.41 Å². The first-order chi connectivity index (χ1) is 27.8. The van der Waals surface area contributed by atoms with Gasteiger partial charge in [-0.25, -0.2) is 9.97 Å². The number of aromatic nitrogens is 3. The Morgan fingerprint density at radius 3 is 1.52 bits per heavy atom. The number of rotatable bonds is 4. The molecule has 2 aliphatic rings. The van der Waals surface area contributed by atoms with Crippen molar-refractivity contribution in [3.8, 4) is 61.8 Å². The topological polar surface area (TPSA) is 30.7 Å². The van der Waals surface area contributed by atoms with Gasteiger partial charge < -0.3 is 4.57 Å². The lowest BCUT2D eigenvalue weighted by Crippen LogP contribution is -2.25. The lowest BCUT2D eigenvalue weighted by atomic mass is 9.70. The molecule has 2 heterocycles. The smallest absolute Gasteiger partial charge is 0.161 e. The Hall–Kier alpha value is -7.36. The molecule has 0 radical (unpaired) electrons. The molecule has 8 aromatic carbocycles. The molecular weight excluding hydrogens is 679 g/mol. The highest BCUT2D eigenvalue weighted by Gasteiger charge is 2.52. The minimum absolute atomic E-state index is 0.439. The molecule has 12 rings (SSSR count). The van der Waals surface area contributed by atoms with Crippen LogP contribution in [0.3, 0.4) is 0 Å². The summed E-state index contributed by atoms with van der Waals surface area (Å²) in [5, 5.41) is 2.49. The number of hydrogen-bond donors (Lipinski definition) is 0. The van der Waals surface area contributed by atoms with Gasteiger partial charge in [0.1, 0.15) is 0 Å². The fourth-order valence-corrected chi connectivity index (χ4v) is 9.81. The summed E-state index contributed by atoms with van der Waals surface area (Å²) in [6, 6.07) is 72.3. The van der Waals surface area contributed by atoms with Gasteiger partial charge in [-0.1, -0.05) is 170 Å². The van der Waals surface area contributed by atoms with Crippen LogP contribution >= 0.6 is 0 Å². The minimum Gasteiger partial charge on any atom is -0.309 e. The maximum absolute atomic E-state index is 5.48. The van der Waals surface area contributed by atoms with Crippen LogP contribution in [0.15, 0.2) is 200 Å². The first-order valence-corrected chi connectivity index (χ1v) is 19.3. The van der Waals surface area contributed by atoms with E-state index in [-0.39, 0.29) is 0 Å². The molecule has 3 nitrogen and oxygen atoms in total. The molecule has 0 N–H and O–H groups in total. The van der Waals surface area contributed by atoms with E-state index in [2.05, 4.69) is 205 Å². The highest BCUT2D eigenvalue weighted by atomic mass is 15.0. The van der Waals surface area contributed by atoms with Crippen LogP contribution in [0.2, 0.25) is 0 Å². The molecule has 0 unspecified atom stereocenters. The average Bonchev–Trinajstić information content (AvgIpc) is 3.89. The van der Waals surface area contributed by atoms with Crippen molar-refractivity contribution < 1.29 is 0 Å². The Labute approximate surface area is 324 Å². The van der Waals surface area contributed by atoms with Gasteiger partial charge in [0, 0.05) is 33.2 Å². The van der Waals surface area contributed by atoms with Gasteiger partial charge >= 0.3 is 0 Å². The van der Waals surface area contributed by atoms with E-state index in [0.717, 1.165) is 33.8 Å². The van der Waals surface area contributed by atoms with E-state index >= 15 is 0 Å². The quantitative estimate of drug-likeness (QED) is 0.182. The normalized spacial score (nSPS) is 13.1. The molecule has 2 aliphatic carbocycles. The Balaban J connectivity index is 1.10. The van der Waals surface area contributed by atoms with E-state index in [0.29, 0.717) is 5.82 Å². The Morgan fingerprint density at radius 1 is 0.357 bits per heavy atom. The molecule has 0 amide bonds. The van der Waals surface area contributed by atoms with E-state index in [1.54, 1.807) is 0 Å². The highest BCUT2D eigenvalue weighted by molar-refractivity contribution is 6.09. The summed E-state index contributed by atoms with van der Waals surface area (Å²) in [6.07, 6.45) is 0. The van der Waals surface area contributed by atoms with Gasteiger partial charge in [-0.15, -0.1) is 0 Å². The molecule has 2 aromatic heterocycles. The molecule has 0 saturated carbocycles. The minimum atomic E-state index is -0.439. The number of nitrogens with zero attached hydrogens (tertiary/aromatic N) is 3. The van der Waals surface area contributed by atoms with E-state index in [9.17, 15) is 0 Å². The molecule has 56 heavy (non-hydrogen) atoms. The monoisotopic (exact) mass is 711 g/mol. The zero-order chi connectivity index (χ0) is 36.8. The van der Waals surface area contributed by atoms with E-state index in [1.165, 1.54) is 66.3 Å². The zero-order valence-corrected chi connectivity index (χ0v) is 30.4. The largest absolute Gasteiger partial charge is 0.309 e. The molecule has 0 fully saturated rings. The predicted molar refractivity (Wildman–Crippen MR) is 229 cm³/mol. The van der Waals surface area contributed by atoms with Crippen molar-refractivity contribution in [2.75, 3.05) is 0 Å². The standard InChI is InChI=1S/C53H33N3/c1-2-16-34(17-3-1)47-33-48(35-18-14-19-36(32-35)56-49-30-12-7-22-39(49)40-23-8-13-31-50(40)56)55-52(54-47)42-25-15-29-46-51(42)41-24-6-11-28-45(41)53(46)43-26-9-4-20-37(43)38-21-5-10-27-44(38)53/h1-33H. The maximum Gasteiger partial charge on any atom is 0.161 e. The fourth-order valence-electron chi connectivity index (χ4n) is 9.81. The number of fused-ring (bicyclic) bond motifs is 13. The Morgan fingerprint density at radius 2 is 0.839 bits per heavy atom. The second-order valence-corrected chi connectivity index (χ2v) is 14.9. The van der Waals surface area contributed by atoms with Crippen molar-refractivity contribution >= 4 is 21.8 Å². The van der Waals surface area contributed by atoms with E-state index in [4.69, 9.17) is 9.97 Å². The average molecular weight is 712 g/mol. The van der Waals surface area contributed by atoms with Crippen molar-refractivity contribution in [1.82, 2.24) is 14.5 Å². The van der Waals surface area contributed by atoms with Gasteiger partial charge in [-0.05, 0) is 74.8 Å². The molecular formula is C53H33N3. The van der Waals surface area contributed by atoms with Gasteiger partial charge in [0.2, 0.25) is 0 Å². The van der Waals surface area contributed by atoms with Gasteiger partial charge in [0.15, 0.2) is 5.82 Å². The third-order valence-electron chi connectivity index (χ3n) is 12.0. The lowest BCUT2D eigenvalue weighted by molar-refractivity contribution is 0.794. The third kappa shape index (κ3) is 4.22. The second-order valence-electron chi connectivity index (χ2n) is 14.9. The number of para-hydroxylation sites is 2. The molecule has 0 aliphatic heterocycles. The highest BCUT2D eigenvalue weighted by Crippen LogP contribution is 2.63. The third-order valence-corrected chi connectivity index (χ3v) is 12.0. The van der Waals surface area contributed by atoms with Crippen molar-refractivity contribution in [3.05, 3.63) is 222 Å². The summed E-state index contributed by atoms with van der Waals surface area (Å²) in [5.74, 6) is 0.715. The summed E-state index contributed by atoms with van der Waals surface area (Å²) >= 11 is 0. The van der Waals surface area contributed by atoms with Gasteiger partial charge in [-0.2, -0.15) is 0 Å². The van der Waals surface area contributed by atoms with Gasteiger partial charge in [0.05, 0.1) is 27.8 Å². The molecule has 0 bridgehead atoms. The summed E-state index contributed by atoms with van der Waals surface area (Å²) in [6.45, 7) is 0. The van der Waals surface area contributed by atoms with Crippen LogP contribution in [0.4, 0.5) is 0 Å². The molecule has 10 aromatic rings. The predicted octanol–water partition coefficient (Wildman–Crippen LogP) is 12.9. The first kappa shape index (κ1) is 31.0. The fraction of sp³-hybridized carbons (Fsp3) is 0.0189. The summed E-state index contributed by atoms with van der Waals surface area (Å²) in [7, 11) is 0. The van der Waals surface area contributed by atoms with Crippen molar-refractivity contribution in [2.24, 2.45) is 0 Å². The first-order valence-electron chi connectivity index (χ1n) is 19.3. The van der Waals surface area contributed by atoms with Crippen LogP contribution in [0.25, 0.3) is 83.6 Å². The number of hydrogen-bond acceptors (Lipinski definition) is 2. The Kier molecular flexibility index (Phi) is 6.55. The molecule has 0 saturated heterocycles. The van der Waals surface area contributed by atoms with Gasteiger partial charge in [-0.3, -0.25) is 0 Å². The van der Waals surface area contributed by atoms with Gasteiger partial charge in [0.25, 0.3) is 0 Å². The summed E-state index contributed by atoms with van der Waals surface area (Å²) in [5.41, 5.74) is 18.2. The van der Waals surface area contributed by atoms with Crippen LogP contribution in [0, 0.1) is 0 Å². The van der Waals surface area contributed by atoms with Crippen LogP contribution in [0.1, 0.15) is 22.3 Å². The zero-order valence-electron chi connectivity index (χ0n) is 30.4. The van der Waals surface area contributed by atoms with Crippen LogP contribution in [-0.4, -0.2) is 14.5 Å². The van der Waals surface area contributed by atoms with Crippen LogP contribution in [0.5, 0.6) is 0 Å².